The minimum absolute atomic E-state index is 0.488. The van der Waals surface area contributed by atoms with Crippen LogP contribution in [0.15, 0.2) is 12.2 Å². The molecule has 2 atom stereocenters. The molecule has 6 nitrogen and oxygen atoms in total. The Morgan fingerprint density at radius 3 is 2.32 bits per heavy atom. The molecule has 0 aromatic rings. The summed E-state index contributed by atoms with van der Waals surface area (Å²) < 4.78 is 5.13. The number of aliphatic hydroxyl groups is 1. The van der Waals surface area contributed by atoms with E-state index in [1.54, 1.807) is 20.8 Å². The fourth-order valence-corrected chi connectivity index (χ4v) is 2.04. The lowest BCUT2D eigenvalue weighted by Crippen LogP contribution is -2.58. The first-order valence-electron chi connectivity index (χ1n) is 6.21. The standard InChI is InChI=1S/C13H21NO5/c1-8(10(15)16)13(18,9-6-5-7-14-9)11(17)19-12(2,3)4/h9,14,18H,1,5-7H2,2-4H3,(H,15,16). The Bertz CT molecular complexity index is 392. The second kappa shape index (κ2) is 5.30. The molecule has 1 saturated heterocycles. The third-order valence-corrected chi connectivity index (χ3v) is 2.99. The Morgan fingerprint density at radius 2 is 1.95 bits per heavy atom. The van der Waals surface area contributed by atoms with Crippen LogP contribution in [0.1, 0.15) is 33.6 Å². The van der Waals surface area contributed by atoms with E-state index < -0.39 is 34.8 Å². The average molecular weight is 271 g/mol. The Morgan fingerprint density at radius 1 is 1.37 bits per heavy atom. The Hall–Kier alpha value is -1.40. The van der Waals surface area contributed by atoms with E-state index in [0.29, 0.717) is 13.0 Å². The van der Waals surface area contributed by atoms with Crippen LogP contribution in [0.5, 0.6) is 0 Å². The molecule has 1 aliphatic heterocycles. The molecule has 6 heteroatoms. The van der Waals surface area contributed by atoms with Gasteiger partial charge in [0.05, 0.1) is 11.6 Å². The number of aliphatic carboxylic acids is 1. The number of esters is 1. The van der Waals surface area contributed by atoms with Gasteiger partial charge in [0.15, 0.2) is 0 Å². The number of nitrogens with one attached hydrogen (secondary N) is 1. The van der Waals surface area contributed by atoms with E-state index >= 15 is 0 Å². The first-order valence-corrected chi connectivity index (χ1v) is 6.21. The van der Waals surface area contributed by atoms with Gasteiger partial charge in [-0.2, -0.15) is 0 Å². The zero-order valence-corrected chi connectivity index (χ0v) is 11.5. The van der Waals surface area contributed by atoms with Crippen molar-refractivity contribution in [3.8, 4) is 0 Å². The smallest absolute Gasteiger partial charge is 0.345 e. The van der Waals surface area contributed by atoms with Gasteiger partial charge in [0, 0.05) is 0 Å². The summed E-state index contributed by atoms with van der Waals surface area (Å²) in [6.45, 7) is 8.89. The highest BCUT2D eigenvalue weighted by Crippen LogP contribution is 2.29. The van der Waals surface area contributed by atoms with Gasteiger partial charge in [-0.1, -0.05) is 6.58 Å². The van der Waals surface area contributed by atoms with Crippen LogP contribution in [0, 0.1) is 0 Å². The van der Waals surface area contributed by atoms with Gasteiger partial charge in [-0.25, -0.2) is 9.59 Å². The highest BCUT2D eigenvalue weighted by molar-refractivity contribution is 5.99. The summed E-state index contributed by atoms with van der Waals surface area (Å²) >= 11 is 0. The largest absolute Gasteiger partial charge is 0.478 e. The number of hydrogen-bond donors (Lipinski definition) is 3. The topological polar surface area (TPSA) is 95.9 Å². The molecule has 0 bridgehead atoms. The molecule has 0 aromatic carbocycles. The number of hydrogen-bond acceptors (Lipinski definition) is 5. The molecule has 19 heavy (non-hydrogen) atoms. The van der Waals surface area contributed by atoms with Gasteiger partial charge in [-0.3, -0.25) is 0 Å². The molecular formula is C13H21NO5. The number of carboxylic acids is 1. The predicted octanol–water partition coefficient (Wildman–Crippen LogP) is 0.452. The summed E-state index contributed by atoms with van der Waals surface area (Å²) in [4.78, 5) is 23.3. The van der Waals surface area contributed by atoms with E-state index in [9.17, 15) is 14.7 Å². The molecule has 0 spiro atoms. The van der Waals surface area contributed by atoms with Crippen LogP contribution in [0.25, 0.3) is 0 Å². The third-order valence-electron chi connectivity index (χ3n) is 2.99. The van der Waals surface area contributed by atoms with Gasteiger partial charge in [0.25, 0.3) is 0 Å². The Balaban J connectivity index is 3.07. The van der Waals surface area contributed by atoms with Crippen LogP contribution in [-0.4, -0.2) is 45.9 Å². The lowest BCUT2D eigenvalue weighted by Gasteiger charge is -2.34. The highest BCUT2D eigenvalue weighted by Gasteiger charge is 2.52. The van der Waals surface area contributed by atoms with Gasteiger partial charge >= 0.3 is 11.9 Å². The quantitative estimate of drug-likeness (QED) is 0.507. The maximum absolute atomic E-state index is 12.2. The predicted molar refractivity (Wildman–Crippen MR) is 68.6 cm³/mol. The molecule has 0 radical (unpaired) electrons. The van der Waals surface area contributed by atoms with E-state index in [4.69, 9.17) is 9.84 Å². The molecule has 0 aromatic heterocycles. The lowest BCUT2D eigenvalue weighted by molar-refractivity contribution is -0.177. The van der Waals surface area contributed by atoms with Crippen molar-refractivity contribution in [1.82, 2.24) is 5.32 Å². The minimum Gasteiger partial charge on any atom is -0.478 e. The molecule has 2 unspecified atom stereocenters. The summed E-state index contributed by atoms with van der Waals surface area (Å²) in [7, 11) is 0. The first-order chi connectivity index (χ1) is 8.59. The van der Waals surface area contributed by atoms with Crippen LogP contribution < -0.4 is 5.32 Å². The van der Waals surface area contributed by atoms with Crippen molar-refractivity contribution in [3.05, 3.63) is 12.2 Å². The number of carbonyl (C=O) groups is 2. The number of carboxylic acid groups (broad SMARTS) is 1. The van der Waals surface area contributed by atoms with Crippen LogP contribution in [0.3, 0.4) is 0 Å². The minimum atomic E-state index is -2.24. The number of rotatable bonds is 4. The van der Waals surface area contributed by atoms with Gasteiger partial charge < -0.3 is 20.3 Å². The zero-order chi connectivity index (χ0) is 14.8. The van der Waals surface area contributed by atoms with Crippen LogP contribution >= 0.6 is 0 Å². The Labute approximate surface area is 112 Å². The van der Waals surface area contributed by atoms with Gasteiger partial charge in [-0.15, -0.1) is 0 Å². The summed E-state index contributed by atoms with van der Waals surface area (Å²) in [5.41, 5.74) is -3.63. The van der Waals surface area contributed by atoms with Crippen molar-refractivity contribution < 1.29 is 24.5 Å². The third kappa shape index (κ3) is 3.33. The van der Waals surface area contributed by atoms with Gasteiger partial charge in [-0.05, 0) is 40.2 Å². The SMILES string of the molecule is C=C(C(=O)O)C(O)(C(=O)OC(C)(C)C)C1CCCN1. The van der Waals surface area contributed by atoms with E-state index in [1.807, 2.05) is 0 Å². The van der Waals surface area contributed by atoms with Crippen LogP contribution in [0.2, 0.25) is 0 Å². The molecule has 0 saturated carbocycles. The second-order valence-corrected chi connectivity index (χ2v) is 5.70. The van der Waals surface area contributed by atoms with Crippen LogP contribution in [0.4, 0.5) is 0 Å². The van der Waals surface area contributed by atoms with E-state index in [0.717, 1.165) is 6.42 Å². The highest BCUT2D eigenvalue weighted by atomic mass is 16.6. The number of carbonyl (C=O) groups excluding carboxylic acids is 1. The normalized spacial score (nSPS) is 22.6. The first kappa shape index (κ1) is 15.7. The molecule has 1 fully saturated rings. The van der Waals surface area contributed by atoms with Crippen molar-refractivity contribution in [3.63, 3.8) is 0 Å². The number of ether oxygens (including phenoxy) is 1. The van der Waals surface area contributed by atoms with E-state index in [2.05, 4.69) is 11.9 Å². The molecule has 0 amide bonds. The maximum atomic E-state index is 12.2. The van der Waals surface area contributed by atoms with Crippen LogP contribution in [-0.2, 0) is 14.3 Å². The summed E-state index contributed by atoms with van der Waals surface area (Å²) in [6, 6.07) is -0.689. The lowest BCUT2D eigenvalue weighted by atomic mass is 9.85. The summed E-state index contributed by atoms with van der Waals surface area (Å²) in [5.74, 6) is -2.39. The summed E-state index contributed by atoms with van der Waals surface area (Å²) in [6.07, 6.45) is 1.24. The molecule has 1 rings (SSSR count). The zero-order valence-electron chi connectivity index (χ0n) is 11.5. The van der Waals surface area contributed by atoms with Crippen molar-refractivity contribution in [1.29, 1.82) is 0 Å². The maximum Gasteiger partial charge on any atom is 0.345 e. The fraction of sp³-hybridized carbons (Fsp3) is 0.692. The average Bonchev–Trinajstić information content (AvgIpc) is 2.77. The van der Waals surface area contributed by atoms with Crippen molar-refractivity contribution in [2.75, 3.05) is 6.54 Å². The molecule has 1 aliphatic rings. The monoisotopic (exact) mass is 271 g/mol. The molecule has 108 valence electrons. The van der Waals surface area contributed by atoms with Crippen molar-refractivity contribution in [2.45, 2.75) is 50.9 Å². The second-order valence-electron chi connectivity index (χ2n) is 5.70. The van der Waals surface area contributed by atoms with Crippen molar-refractivity contribution >= 4 is 11.9 Å². The molecule has 0 aliphatic carbocycles. The van der Waals surface area contributed by atoms with E-state index in [-0.39, 0.29) is 0 Å². The molecule has 3 N–H and O–H groups in total. The van der Waals surface area contributed by atoms with Gasteiger partial charge in [0.2, 0.25) is 5.60 Å². The summed E-state index contributed by atoms with van der Waals surface area (Å²) in [5, 5.41) is 22.5. The Kier molecular flexibility index (Phi) is 4.37. The van der Waals surface area contributed by atoms with Gasteiger partial charge in [0.1, 0.15) is 5.60 Å². The molecular weight excluding hydrogens is 250 g/mol. The van der Waals surface area contributed by atoms with E-state index in [1.165, 1.54) is 0 Å². The van der Waals surface area contributed by atoms with Crippen molar-refractivity contribution in [2.24, 2.45) is 0 Å². The fourth-order valence-electron chi connectivity index (χ4n) is 2.04. The molecule has 1 heterocycles.